The van der Waals surface area contributed by atoms with E-state index in [1.165, 1.54) is 6.20 Å². The molecule has 0 radical (unpaired) electrons. The number of benzene rings is 1. The van der Waals surface area contributed by atoms with Gasteiger partial charge in [0.2, 0.25) is 0 Å². The fourth-order valence-electron chi connectivity index (χ4n) is 1.92. The van der Waals surface area contributed by atoms with Gasteiger partial charge in [0.1, 0.15) is 5.69 Å². The summed E-state index contributed by atoms with van der Waals surface area (Å²) in [5.74, 6) is -0.181. The molecule has 0 aliphatic carbocycles. The number of aromatic amines is 1. The predicted octanol–water partition coefficient (Wildman–Crippen LogP) is 2.06. The second-order valence-electron chi connectivity index (χ2n) is 4.39. The maximum absolute atomic E-state index is 12.0. The van der Waals surface area contributed by atoms with E-state index in [0.29, 0.717) is 5.69 Å². The van der Waals surface area contributed by atoms with E-state index in [1.807, 2.05) is 30.3 Å². The Kier molecular flexibility index (Phi) is 3.04. The van der Waals surface area contributed by atoms with Crippen LogP contribution in [0.1, 0.15) is 10.5 Å². The molecule has 1 amide bonds. The molecule has 2 N–H and O–H groups in total. The molecule has 0 spiro atoms. The number of carbonyl (C=O) groups is 1. The summed E-state index contributed by atoms with van der Waals surface area (Å²) in [6.07, 6.45) is 4.83. The van der Waals surface area contributed by atoms with Crippen LogP contribution in [-0.2, 0) is 7.05 Å². The highest BCUT2D eigenvalue weighted by atomic mass is 16.1. The van der Waals surface area contributed by atoms with Gasteiger partial charge < -0.3 is 9.88 Å². The lowest BCUT2D eigenvalue weighted by Gasteiger charge is -2.06. The molecule has 100 valence electrons. The number of hydrogen-bond donors (Lipinski definition) is 2. The summed E-state index contributed by atoms with van der Waals surface area (Å²) >= 11 is 0. The van der Waals surface area contributed by atoms with Crippen molar-refractivity contribution >= 4 is 11.6 Å². The van der Waals surface area contributed by atoms with Gasteiger partial charge in [0.05, 0.1) is 18.2 Å². The maximum Gasteiger partial charge on any atom is 0.273 e. The van der Waals surface area contributed by atoms with Crippen molar-refractivity contribution in [3.8, 4) is 11.3 Å². The van der Waals surface area contributed by atoms with Crippen molar-refractivity contribution in [1.82, 2.24) is 19.7 Å². The number of aryl methyl sites for hydroxylation is 1. The van der Waals surface area contributed by atoms with E-state index >= 15 is 0 Å². The summed E-state index contributed by atoms with van der Waals surface area (Å²) < 4.78 is 1.67. The molecule has 2 heterocycles. The summed E-state index contributed by atoms with van der Waals surface area (Å²) in [5.41, 5.74) is 3.21. The SMILES string of the molecule is Cn1cncc1C(=O)Nc1ccc(-c2ccn[nH]2)cc1. The van der Waals surface area contributed by atoms with Crippen LogP contribution in [0.4, 0.5) is 5.69 Å². The zero-order chi connectivity index (χ0) is 13.9. The van der Waals surface area contributed by atoms with Gasteiger partial charge in [-0.2, -0.15) is 5.10 Å². The molecule has 0 bridgehead atoms. The van der Waals surface area contributed by atoms with E-state index in [2.05, 4.69) is 20.5 Å². The molecule has 0 aliphatic heterocycles. The monoisotopic (exact) mass is 267 g/mol. The smallest absolute Gasteiger partial charge is 0.273 e. The Morgan fingerprint density at radius 1 is 1.25 bits per heavy atom. The summed E-state index contributed by atoms with van der Waals surface area (Å²) in [6.45, 7) is 0. The van der Waals surface area contributed by atoms with E-state index in [0.717, 1.165) is 16.9 Å². The Labute approximate surface area is 115 Å². The molecule has 0 unspecified atom stereocenters. The first kappa shape index (κ1) is 12.2. The van der Waals surface area contributed by atoms with Crippen LogP contribution in [0.3, 0.4) is 0 Å². The molecule has 0 atom stereocenters. The minimum absolute atomic E-state index is 0.181. The van der Waals surface area contributed by atoms with Crippen LogP contribution >= 0.6 is 0 Å². The number of rotatable bonds is 3. The molecule has 1 aromatic carbocycles. The molecular weight excluding hydrogens is 254 g/mol. The van der Waals surface area contributed by atoms with Crippen molar-refractivity contribution in [2.45, 2.75) is 0 Å². The predicted molar refractivity (Wildman–Crippen MR) is 75.2 cm³/mol. The minimum Gasteiger partial charge on any atom is -0.330 e. The lowest BCUT2D eigenvalue weighted by Crippen LogP contribution is -2.15. The van der Waals surface area contributed by atoms with E-state index in [1.54, 1.807) is 24.1 Å². The number of anilines is 1. The van der Waals surface area contributed by atoms with Crippen LogP contribution in [0.5, 0.6) is 0 Å². The van der Waals surface area contributed by atoms with E-state index < -0.39 is 0 Å². The Morgan fingerprint density at radius 3 is 2.65 bits per heavy atom. The van der Waals surface area contributed by atoms with Crippen molar-refractivity contribution in [1.29, 1.82) is 0 Å². The van der Waals surface area contributed by atoms with Gasteiger partial charge in [0, 0.05) is 18.9 Å². The number of nitrogens with one attached hydrogen (secondary N) is 2. The number of nitrogens with zero attached hydrogens (tertiary/aromatic N) is 3. The van der Waals surface area contributed by atoms with Crippen molar-refractivity contribution in [3.63, 3.8) is 0 Å². The first-order valence-electron chi connectivity index (χ1n) is 6.11. The molecule has 2 aromatic heterocycles. The summed E-state index contributed by atoms with van der Waals surface area (Å²) in [7, 11) is 1.78. The molecule has 0 aliphatic rings. The minimum atomic E-state index is -0.181. The van der Waals surface area contributed by atoms with E-state index in [9.17, 15) is 4.79 Å². The van der Waals surface area contributed by atoms with Crippen LogP contribution in [0.25, 0.3) is 11.3 Å². The number of imidazole rings is 1. The second-order valence-corrected chi connectivity index (χ2v) is 4.39. The first-order valence-corrected chi connectivity index (χ1v) is 6.11. The third kappa shape index (κ3) is 2.31. The van der Waals surface area contributed by atoms with Crippen molar-refractivity contribution in [2.75, 3.05) is 5.32 Å². The van der Waals surface area contributed by atoms with Crippen LogP contribution in [0.15, 0.2) is 49.1 Å². The molecule has 6 nitrogen and oxygen atoms in total. The van der Waals surface area contributed by atoms with Gasteiger partial charge >= 0.3 is 0 Å². The normalized spacial score (nSPS) is 10.4. The molecule has 20 heavy (non-hydrogen) atoms. The zero-order valence-corrected chi connectivity index (χ0v) is 10.9. The average molecular weight is 267 g/mol. The highest BCUT2D eigenvalue weighted by molar-refractivity contribution is 6.03. The van der Waals surface area contributed by atoms with Crippen LogP contribution in [0.2, 0.25) is 0 Å². The Morgan fingerprint density at radius 2 is 2.05 bits per heavy atom. The van der Waals surface area contributed by atoms with E-state index in [4.69, 9.17) is 0 Å². The highest BCUT2D eigenvalue weighted by Gasteiger charge is 2.09. The molecule has 3 aromatic rings. The third-order valence-electron chi connectivity index (χ3n) is 3.00. The molecule has 3 rings (SSSR count). The van der Waals surface area contributed by atoms with E-state index in [-0.39, 0.29) is 5.91 Å². The van der Waals surface area contributed by atoms with Crippen molar-refractivity contribution in [3.05, 3.63) is 54.7 Å². The van der Waals surface area contributed by atoms with Gasteiger partial charge in [-0.25, -0.2) is 4.98 Å². The number of H-pyrrole nitrogens is 1. The fraction of sp³-hybridized carbons (Fsp3) is 0.0714. The summed E-state index contributed by atoms with van der Waals surface area (Å²) in [4.78, 5) is 15.9. The topological polar surface area (TPSA) is 75.6 Å². The zero-order valence-electron chi connectivity index (χ0n) is 10.9. The third-order valence-corrected chi connectivity index (χ3v) is 3.00. The molecule has 0 saturated heterocycles. The lowest BCUT2D eigenvalue weighted by atomic mass is 10.1. The Hall–Kier alpha value is -2.89. The van der Waals surface area contributed by atoms with Gasteiger partial charge in [0.15, 0.2) is 0 Å². The number of carbonyl (C=O) groups excluding carboxylic acids is 1. The van der Waals surface area contributed by atoms with Gasteiger partial charge in [-0.1, -0.05) is 12.1 Å². The van der Waals surface area contributed by atoms with Gasteiger partial charge in [0.25, 0.3) is 5.91 Å². The van der Waals surface area contributed by atoms with Crippen LogP contribution in [-0.4, -0.2) is 25.7 Å². The first-order chi connectivity index (χ1) is 9.74. The van der Waals surface area contributed by atoms with Crippen molar-refractivity contribution in [2.24, 2.45) is 7.05 Å². The van der Waals surface area contributed by atoms with Crippen LogP contribution in [0, 0.1) is 0 Å². The van der Waals surface area contributed by atoms with Gasteiger partial charge in [-0.05, 0) is 23.8 Å². The standard InChI is InChI=1S/C14H13N5O/c1-19-9-15-8-13(19)14(20)17-11-4-2-10(3-5-11)12-6-7-16-18-12/h2-9H,1H3,(H,16,18)(H,17,20). The Bertz CT molecular complexity index is 712. The average Bonchev–Trinajstić information content (AvgIpc) is 3.10. The number of aromatic nitrogens is 4. The summed E-state index contributed by atoms with van der Waals surface area (Å²) in [5, 5.41) is 9.64. The molecule has 0 fully saturated rings. The lowest BCUT2D eigenvalue weighted by molar-refractivity contribution is 0.101. The molecule has 0 saturated carbocycles. The molecule has 6 heteroatoms. The van der Waals surface area contributed by atoms with Gasteiger partial charge in [-0.15, -0.1) is 0 Å². The number of hydrogen-bond acceptors (Lipinski definition) is 3. The largest absolute Gasteiger partial charge is 0.330 e. The molecular formula is C14H13N5O. The fourth-order valence-corrected chi connectivity index (χ4v) is 1.92. The second kappa shape index (κ2) is 5.00. The highest BCUT2D eigenvalue weighted by Crippen LogP contribution is 2.19. The van der Waals surface area contributed by atoms with Crippen LogP contribution < -0.4 is 5.32 Å². The van der Waals surface area contributed by atoms with Gasteiger partial charge in [-0.3, -0.25) is 9.89 Å². The Balaban J connectivity index is 1.76. The van der Waals surface area contributed by atoms with Crippen molar-refractivity contribution < 1.29 is 4.79 Å². The quantitative estimate of drug-likeness (QED) is 0.762. The maximum atomic E-state index is 12.0. The summed E-state index contributed by atoms with van der Waals surface area (Å²) in [6, 6.07) is 9.44. The number of amides is 1.